The van der Waals surface area contributed by atoms with Gasteiger partial charge in [0.25, 0.3) is 0 Å². The molecule has 4 nitrogen and oxygen atoms in total. The van der Waals surface area contributed by atoms with Gasteiger partial charge >= 0.3 is 0 Å². The maximum absolute atomic E-state index is 5.65. The molecule has 1 aliphatic heterocycles. The van der Waals surface area contributed by atoms with Crippen molar-refractivity contribution in [1.29, 1.82) is 0 Å². The smallest absolute Gasteiger partial charge is 0.191 e. The second kappa shape index (κ2) is 6.07. The first-order valence-electron chi connectivity index (χ1n) is 6.60. The summed E-state index contributed by atoms with van der Waals surface area (Å²) in [5.74, 6) is 1.95. The maximum Gasteiger partial charge on any atom is 0.191 e. The lowest BCUT2D eigenvalue weighted by Crippen LogP contribution is -2.09. The highest BCUT2D eigenvalue weighted by Gasteiger charge is 2.19. The fraction of sp³-hybridized carbons (Fsp3) is 0.538. The van der Waals surface area contributed by atoms with Crippen LogP contribution in [0.15, 0.2) is 22.7 Å². The first kappa shape index (κ1) is 13.1. The summed E-state index contributed by atoms with van der Waals surface area (Å²) in [6.07, 6.45) is 2.74. The quantitative estimate of drug-likeness (QED) is 0.794. The Bertz CT molecular complexity index is 518. The van der Waals surface area contributed by atoms with Crippen LogP contribution in [-0.4, -0.2) is 33.2 Å². The molecule has 2 aromatic heterocycles. The third-order valence-electron chi connectivity index (χ3n) is 3.20. The molecule has 19 heavy (non-hydrogen) atoms. The van der Waals surface area contributed by atoms with Gasteiger partial charge in [0.2, 0.25) is 0 Å². The zero-order valence-electron chi connectivity index (χ0n) is 10.9. The van der Waals surface area contributed by atoms with Gasteiger partial charge in [-0.15, -0.1) is 21.5 Å². The topological polar surface area (TPSA) is 39.9 Å². The van der Waals surface area contributed by atoms with Crippen LogP contribution in [0.5, 0.6) is 0 Å². The van der Waals surface area contributed by atoms with Gasteiger partial charge in [0.15, 0.2) is 11.0 Å². The molecule has 0 bridgehead atoms. The van der Waals surface area contributed by atoms with Gasteiger partial charge in [0.1, 0.15) is 0 Å². The Balaban J connectivity index is 1.74. The number of ether oxygens (including phenoxy) is 1. The van der Waals surface area contributed by atoms with E-state index in [0.29, 0.717) is 6.10 Å². The van der Waals surface area contributed by atoms with E-state index in [1.165, 1.54) is 17.7 Å². The van der Waals surface area contributed by atoms with E-state index >= 15 is 0 Å². The SMILES string of the molecule is CCn1c(SCC2CCCO2)nnc1-c1cccs1. The molecule has 1 unspecified atom stereocenters. The van der Waals surface area contributed by atoms with Crippen LogP contribution in [0, 0.1) is 0 Å². The average Bonchev–Trinajstić information content (AvgIpc) is 3.16. The van der Waals surface area contributed by atoms with Gasteiger partial charge in [-0.25, -0.2) is 0 Å². The van der Waals surface area contributed by atoms with Crippen molar-refractivity contribution in [2.45, 2.75) is 37.6 Å². The molecule has 0 saturated carbocycles. The molecule has 1 aliphatic rings. The van der Waals surface area contributed by atoms with Crippen molar-refractivity contribution in [3.8, 4) is 10.7 Å². The van der Waals surface area contributed by atoms with Crippen LogP contribution in [0.4, 0.5) is 0 Å². The third-order valence-corrected chi connectivity index (χ3v) is 5.16. The number of hydrogen-bond donors (Lipinski definition) is 0. The second-order valence-corrected chi connectivity index (χ2v) is 6.41. The molecule has 0 spiro atoms. The van der Waals surface area contributed by atoms with Crippen molar-refractivity contribution >= 4 is 23.1 Å². The molecule has 0 aliphatic carbocycles. The van der Waals surface area contributed by atoms with Gasteiger partial charge in [-0.1, -0.05) is 17.8 Å². The van der Waals surface area contributed by atoms with Crippen LogP contribution in [-0.2, 0) is 11.3 Å². The summed E-state index contributed by atoms with van der Waals surface area (Å²) in [4.78, 5) is 1.18. The first-order chi connectivity index (χ1) is 9.38. The van der Waals surface area contributed by atoms with E-state index in [9.17, 15) is 0 Å². The van der Waals surface area contributed by atoms with Gasteiger partial charge in [-0.2, -0.15) is 0 Å². The van der Waals surface area contributed by atoms with Crippen molar-refractivity contribution in [1.82, 2.24) is 14.8 Å². The number of thiophene rings is 1. The number of aromatic nitrogens is 3. The lowest BCUT2D eigenvalue weighted by molar-refractivity contribution is 0.129. The molecule has 6 heteroatoms. The largest absolute Gasteiger partial charge is 0.377 e. The Hall–Kier alpha value is -0.850. The fourth-order valence-corrected chi connectivity index (χ4v) is 4.00. The molecule has 3 rings (SSSR count). The summed E-state index contributed by atoms with van der Waals surface area (Å²) in [6.45, 7) is 3.94. The number of rotatable bonds is 5. The van der Waals surface area contributed by atoms with E-state index in [0.717, 1.165) is 29.9 Å². The van der Waals surface area contributed by atoms with Gasteiger partial charge in [-0.05, 0) is 31.2 Å². The van der Waals surface area contributed by atoms with Gasteiger partial charge < -0.3 is 9.30 Å². The Morgan fingerprint density at radius 3 is 3.16 bits per heavy atom. The standard InChI is InChI=1S/C13H17N3OS2/c1-2-16-12(11-6-4-8-18-11)14-15-13(16)19-9-10-5-3-7-17-10/h4,6,8,10H,2-3,5,7,9H2,1H3. The molecule has 2 aromatic rings. The van der Waals surface area contributed by atoms with E-state index < -0.39 is 0 Å². The summed E-state index contributed by atoms with van der Waals surface area (Å²) < 4.78 is 7.84. The van der Waals surface area contributed by atoms with Crippen molar-refractivity contribution < 1.29 is 4.74 Å². The Morgan fingerprint density at radius 2 is 2.47 bits per heavy atom. The van der Waals surface area contributed by atoms with Crippen LogP contribution in [0.25, 0.3) is 10.7 Å². The second-order valence-electron chi connectivity index (χ2n) is 4.47. The predicted octanol–water partition coefficient (Wildman–Crippen LogP) is 3.30. The zero-order chi connectivity index (χ0) is 13.1. The summed E-state index contributed by atoms with van der Waals surface area (Å²) in [5.41, 5.74) is 0. The highest BCUT2D eigenvalue weighted by Crippen LogP contribution is 2.28. The third kappa shape index (κ3) is 2.85. The number of nitrogens with zero attached hydrogens (tertiary/aromatic N) is 3. The molecule has 0 radical (unpaired) electrons. The van der Waals surface area contributed by atoms with Crippen molar-refractivity contribution in [3.63, 3.8) is 0 Å². The summed E-state index contributed by atoms with van der Waals surface area (Å²) in [6, 6.07) is 4.14. The molecule has 1 fully saturated rings. The van der Waals surface area contributed by atoms with Gasteiger partial charge in [-0.3, -0.25) is 0 Å². The minimum Gasteiger partial charge on any atom is -0.377 e. The molecular formula is C13H17N3OS2. The minimum absolute atomic E-state index is 0.386. The van der Waals surface area contributed by atoms with E-state index in [1.807, 2.05) is 6.07 Å². The average molecular weight is 295 g/mol. The molecule has 0 N–H and O–H groups in total. The molecule has 102 valence electrons. The normalized spacial score (nSPS) is 19.1. The minimum atomic E-state index is 0.386. The Kier molecular flexibility index (Phi) is 4.20. The highest BCUT2D eigenvalue weighted by molar-refractivity contribution is 7.99. The molecule has 1 atom stereocenters. The van der Waals surface area contributed by atoms with E-state index in [2.05, 4.69) is 33.1 Å². The predicted molar refractivity (Wildman–Crippen MR) is 78.7 cm³/mol. The summed E-state index contributed by atoms with van der Waals surface area (Å²) in [5, 5.41) is 11.7. The number of thioether (sulfide) groups is 1. The molecular weight excluding hydrogens is 278 g/mol. The maximum atomic E-state index is 5.65. The monoisotopic (exact) mass is 295 g/mol. The molecule has 0 aromatic carbocycles. The van der Waals surface area contributed by atoms with Crippen LogP contribution < -0.4 is 0 Å². The van der Waals surface area contributed by atoms with Crippen molar-refractivity contribution in [2.24, 2.45) is 0 Å². The number of hydrogen-bond acceptors (Lipinski definition) is 5. The zero-order valence-corrected chi connectivity index (χ0v) is 12.5. The van der Waals surface area contributed by atoms with Crippen LogP contribution in [0.1, 0.15) is 19.8 Å². The Labute approximate surface area is 121 Å². The van der Waals surface area contributed by atoms with Crippen LogP contribution in [0.2, 0.25) is 0 Å². The molecule has 1 saturated heterocycles. The van der Waals surface area contributed by atoms with Crippen molar-refractivity contribution in [3.05, 3.63) is 17.5 Å². The van der Waals surface area contributed by atoms with Crippen LogP contribution in [0.3, 0.4) is 0 Å². The van der Waals surface area contributed by atoms with Crippen LogP contribution >= 0.6 is 23.1 Å². The summed E-state index contributed by atoms with van der Waals surface area (Å²) >= 11 is 3.46. The highest BCUT2D eigenvalue weighted by atomic mass is 32.2. The first-order valence-corrected chi connectivity index (χ1v) is 8.46. The van der Waals surface area contributed by atoms with E-state index in [4.69, 9.17) is 4.74 Å². The fourth-order valence-electron chi connectivity index (χ4n) is 2.21. The molecule has 0 amide bonds. The van der Waals surface area contributed by atoms with Gasteiger partial charge in [0, 0.05) is 18.9 Å². The Morgan fingerprint density at radius 1 is 1.53 bits per heavy atom. The van der Waals surface area contributed by atoms with Crippen molar-refractivity contribution in [2.75, 3.05) is 12.4 Å². The van der Waals surface area contributed by atoms with E-state index in [1.54, 1.807) is 23.1 Å². The van der Waals surface area contributed by atoms with Gasteiger partial charge in [0.05, 0.1) is 11.0 Å². The summed E-state index contributed by atoms with van der Waals surface area (Å²) in [7, 11) is 0. The molecule has 3 heterocycles. The van der Waals surface area contributed by atoms with E-state index in [-0.39, 0.29) is 0 Å². The lowest BCUT2D eigenvalue weighted by Gasteiger charge is -2.09. The lowest BCUT2D eigenvalue weighted by atomic mass is 10.3.